The third-order valence-corrected chi connectivity index (χ3v) is 6.37. The van der Waals surface area contributed by atoms with Crippen LogP contribution in [0.2, 0.25) is 0 Å². The first-order chi connectivity index (χ1) is 14.0. The predicted molar refractivity (Wildman–Crippen MR) is 125 cm³/mol. The van der Waals surface area contributed by atoms with Gasteiger partial charge < -0.3 is 14.6 Å². The van der Waals surface area contributed by atoms with Crippen LogP contribution in [0.3, 0.4) is 0 Å². The number of unbranched alkanes of at least 4 members (excludes halogenated alkanes) is 2. The summed E-state index contributed by atoms with van der Waals surface area (Å²) < 4.78 is 14.1. The Morgan fingerprint density at radius 1 is 1.03 bits per heavy atom. The average Bonchev–Trinajstić information content (AvgIpc) is 2.69. The molecule has 0 heterocycles. The van der Waals surface area contributed by atoms with Crippen molar-refractivity contribution in [2.45, 2.75) is 99.0 Å². The number of amides is 1. The largest absolute Gasteiger partial charge is 0.366 e. The lowest BCUT2D eigenvalue weighted by Crippen LogP contribution is -2.38. The second-order valence-electron chi connectivity index (χ2n) is 7.98. The van der Waals surface area contributed by atoms with Crippen LogP contribution in [0.15, 0.2) is 0 Å². The molecule has 0 aromatic rings. The van der Waals surface area contributed by atoms with E-state index in [0.717, 1.165) is 51.1 Å². The summed E-state index contributed by atoms with van der Waals surface area (Å²) in [5.41, 5.74) is 0. The van der Waals surface area contributed by atoms with Gasteiger partial charge in [-0.15, -0.1) is 0 Å². The van der Waals surface area contributed by atoms with E-state index in [-0.39, 0.29) is 11.9 Å². The Labute approximate surface area is 181 Å². The topological polar surface area (TPSA) is 62.8 Å². The van der Waals surface area contributed by atoms with Gasteiger partial charge in [0.2, 0.25) is 5.91 Å². The maximum Gasteiger partial charge on any atom is 0.220 e. The second-order valence-corrected chi connectivity index (χ2v) is 9.67. The summed E-state index contributed by atoms with van der Waals surface area (Å²) in [7, 11) is -0.926. The van der Waals surface area contributed by atoms with Crippen molar-refractivity contribution >= 4 is 14.4 Å². The van der Waals surface area contributed by atoms with Crippen molar-refractivity contribution < 1.29 is 14.1 Å². The van der Waals surface area contributed by atoms with E-state index in [9.17, 15) is 4.79 Å². The summed E-state index contributed by atoms with van der Waals surface area (Å²) in [6.45, 7) is 16.7. The molecule has 7 heteroatoms. The number of ether oxygens (including phenoxy) is 1. The molecule has 174 valence electrons. The Morgan fingerprint density at radius 3 is 2.28 bits per heavy atom. The van der Waals surface area contributed by atoms with Crippen molar-refractivity contribution in [3.63, 3.8) is 0 Å². The molecule has 29 heavy (non-hydrogen) atoms. The molecule has 2 atom stereocenters. The zero-order chi connectivity index (χ0) is 21.9. The molecule has 0 bridgehead atoms. The fourth-order valence-electron chi connectivity index (χ4n) is 2.98. The molecule has 2 N–H and O–H groups in total. The molecule has 0 rings (SSSR count). The Balaban J connectivity index is 4.45. The van der Waals surface area contributed by atoms with Crippen molar-refractivity contribution in [3.05, 3.63) is 0 Å². The summed E-state index contributed by atoms with van der Waals surface area (Å²) in [6, 6.07) is 0.0576. The van der Waals surface area contributed by atoms with Crippen molar-refractivity contribution in [1.82, 2.24) is 15.1 Å². The lowest BCUT2D eigenvalue weighted by molar-refractivity contribution is -0.122. The molecule has 2 unspecified atom stereocenters. The highest BCUT2D eigenvalue weighted by atomic mass is 31.2. The van der Waals surface area contributed by atoms with Gasteiger partial charge in [0.1, 0.15) is 6.73 Å². The number of rotatable bonds is 20. The van der Waals surface area contributed by atoms with Crippen LogP contribution in [-0.2, 0) is 14.1 Å². The van der Waals surface area contributed by atoms with Crippen LogP contribution in [0.25, 0.3) is 0 Å². The summed E-state index contributed by atoms with van der Waals surface area (Å²) in [5, 5.41) is 6.57. The Kier molecular flexibility index (Phi) is 19.5. The Morgan fingerprint density at radius 2 is 1.72 bits per heavy atom. The van der Waals surface area contributed by atoms with Crippen LogP contribution in [0.1, 0.15) is 92.9 Å². The minimum atomic E-state index is -0.926. The van der Waals surface area contributed by atoms with Gasteiger partial charge >= 0.3 is 0 Å². The van der Waals surface area contributed by atoms with Gasteiger partial charge in [-0.3, -0.25) is 4.79 Å². The monoisotopic (exact) mass is 433 g/mol. The van der Waals surface area contributed by atoms with Crippen molar-refractivity contribution in [1.29, 1.82) is 0 Å². The predicted octanol–water partition coefficient (Wildman–Crippen LogP) is 5.44. The van der Waals surface area contributed by atoms with Crippen molar-refractivity contribution in [3.8, 4) is 0 Å². The van der Waals surface area contributed by atoms with Crippen molar-refractivity contribution in [2.75, 3.05) is 33.0 Å². The molecule has 0 spiro atoms. The molecule has 0 aromatic heterocycles. The quantitative estimate of drug-likeness (QED) is 0.152. The van der Waals surface area contributed by atoms with Crippen LogP contribution in [0.4, 0.5) is 0 Å². The minimum Gasteiger partial charge on any atom is -0.366 e. The first-order valence-corrected chi connectivity index (χ1v) is 13.0. The molecule has 0 radical (unpaired) electrons. The van der Waals surface area contributed by atoms with Crippen LogP contribution >= 0.6 is 8.45 Å². The summed E-state index contributed by atoms with van der Waals surface area (Å²) in [4.78, 5) is 12.3. The fraction of sp³-hybridized carbons (Fsp3) is 0.955. The molecule has 0 saturated heterocycles. The molecule has 0 aliphatic carbocycles. The van der Waals surface area contributed by atoms with Crippen LogP contribution in [0.5, 0.6) is 0 Å². The van der Waals surface area contributed by atoms with Gasteiger partial charge in [-0.1, -0.05) is 53.9 Å². The summed E-state index contributed by atoms with van der Waals surface area (Å²) in [5.74, 6) is 0.896. The number of hydrogen-bond donors (Lipinski definition) is 2. The van der Waals surface area contributed by atoms with E-state index in [1.54, 1.807) is 0 Å². The molecule has 1 amide bonds. The van der Waals surface area contributed by atoms with Crippen molar-refractivity contribution in [2.24, 2.45) is 5.92 Å². The average molecular weight is 434 g/mol. The normalized spacial score (nSPS) is 13.8. The van der Waals surface area contributed by atoms with E-state index < -0.39 is 8.45 Å². The number of carbonyl (C=O) groups excluding carboxylic acids is 1. The zero-order valence-corrected chi connectivity index (χ0v) is 20.9. The minimum absolute atomic E-state index is 0.0576. The van der Waals surface area contributed by atoms with Gasteiger partial charge in [0.05, 0.1) is 12.6 Å². The van der Waals surface area contributed by atoms with Crippen LogP contribution in [-0.4, -0.2) is 49.7 Å². The third-order valence-electron chi connectivity index (χ3n) is 4.67. The lowest BCUT2D eigenvalue weighted by Gasteiger charge is -2.31. The molecular weight excluding hydrogens is 385 g/mol. The molecule has 0 aliphatic heterocycles. The molecular formula is C22H48N3O3P. The van der Waals surface area contributed by atoms with Gasteiger partial charge in [0, 0.05) is 26.1 Å². The SMILES string of the molecule is CCCN(CCC)P(NCOCC)OCC(CC)NC(=O)CCCCCC(C)C. The lowest BCUT2D eigenvalue weighted by atomic mass is 10.0. The van der Waals surface area contributed by atoms with Gasteiger partial charge in [0.15, 0.2) is 8.45 Å². The number of hydrogen-bond acceptors (Lipinski definition) is 5. The second kappa shape index (κ2) is 19.7. The highest BCUT2D eigenvalue weighted by molar-refractivity contribution is 7.47. The number of nitrogens with zero attached hydrogens (tertiary/aromatic N) is 1. The smallest absolute Gasteiger partial charge is 0.220 e. The molecule has 0 fully saturated rings. The maximum absolute atomic E-state index is 12.3. The highest BCUT2D eigenvalue weighted by Gasteiger charge is 2.21. The van der Waals surface area contributed by atoms with Gasteiger partial charge in [-0.25, -0.2) is 9.76 Å². The van der Waals surface area contributed by atoms with E-state index in [0.29, 0.717) is 26.4 Å². The van der Waals surface area contributed by atoms with E-state index in [1.807, 2.05) is 6.92 Å². The van der Waals surface area contributed by atoms with Crippen LogP contribution in [0, 0.1) is 5.92 Å². The van der Waals surface area contributed by atoms with Gasteiger partial charge in [0.25, 0.3) is 0 Å². The number of nitrogens with one attached hydrogen (secondary N) is 2. The first kappa shape index (κ1) is 28.7. The molecule has 0 aliphatic rings. The summed E-state index contributed by atoms with van der Waals surface area (Å²) >= 11 is 0. The van der Waals surface area contributed by atoms with Gasteiger partial charge in [-0.2, -0.15) is 0 Å². The molecule has 0 saturated carbocycles. The molecule has 0 aromatic carbocycles. The third kappa shape index (κ3) is 16.1. The Bertz CT molecular complexity index is 380. The maximum atomic E-state index is 12.3. The van der Waals surface area contributed by atoms with E-state index in [4.69, 9.17) is 9.26 Å². The first-order valence-electron chi connectivity index (χ1n) is 11.8. The standard InChI is InChI=1S/C22H48N3O3P/c1-7-16-25(17-8-2)29(23-19-27-10-4)28-18-21(9-3)24-22(26)15-13-11-12-14-20(5)6/h20-21,23H,7-19H2,1-6H3,(H,24,26). The van der Waals surface area contributed by atoms with E-state index >= 15 is 0 Å². The Hall–Kier alpha value is -0.260. The number of carbonyl (C=O) groups is 1. The van der Waals surface area contributed by atoms with Gasteiger partial charge in [-0.05, 0) is 38.5 Å². The highest BCUT2D eigenvalue weighted by Crippen LogP contribution is 2.37. The summed E-state index contributed by atoms with van der Waals surface area (Å²) in [6.07, 6.45) is 8.22. The molecule has 6 nitrogen and oxygen atoms in total. The fourth-order valence-corrected chi connectivity index (χ4v) is 4.72. The zero-order valence-electron chi connectivity index (χ0n) is 20.0. The van der Waals surface area contributed by atoms with Crippen LogP contribution < -0.4 is 10.4 Å². The van der Waals surface area contributed by atoms with E-state index in [2.05, 4.69) is 49.7 Å². The van der Waals surface area contributed by atoms with E-state index in [1.165, 1.54) is 12.8 Å².